The first-order chi connectivity index (χ1) is 15.0. The summed E-state index contributed by atoms with van der Waals surface area (Å²) in [6.07, 6.45) is 0. The molecule has 4 aromatic rings. The number of thiophene rings is 1. The average molecular weight is 436 g/mol. The van der Waals surface area contributed by atoms with Gasteiger partial charge < -0.3 is 18.6 Å². The van der Waals surface area contributed by atoms with Crippen molar-refractivity contribution in [2.24, 2.45) is 0 Å². The summed E-state index contributed by atoms with van der Waals surface area (Å²) in [4.78, 5) is 25.1. The summed E-state index contributed by atoms with van der Waals surface area (Å²) in [5, 5.41) is 2.51. The van der Waals surface area contributed by atoms with Gasteiger partial charge in [0.15, 0.2) is 17.3 Å². The van der Waals surface area contributed by atoms with Gasteiger partial charge in [-0.15, -0.1) is 11.3 Å². The molecular weight excluding hydrogens is 416 g/mol. The molecule has 0 bridgehead atoms. The standard InChI is InChI=1S/C24H20O6S/c1-13(25)16-9-10-31-24(16)15-7-5-14(6-8-15)17-11-20(26)30-18-12-19(27-2)22(28-3)23(29-4)21(17)18/h5-12H,1-4H3. The zero-order valence-corrected chi connectivity index (χ0v) is 18.3. The Kier molecular flexibility index (Phi) is 5.52. The van der Waals surface area contributed by atoms with E-state index in [1.165, 1.54) is 38.7 Å². The highest BCUT2D eigenvalue weighted by atomic mass is 32.1. The fraction of sp³-hybridized carbons (Fsp3) is 0.167. The van der Waals surface area contributed by atoms with Gasteiger partial charge in [-0.05, 0) is 29.5 Å². The summed E-state index contributed by atoms with van der Waals surface area (Å²) >= 11 is 1.52. The molecule has 0 amide bonds. The van der Waals surface area contributed by atoms with Gasteiger partial charge in [-0.3, -0.25) is 4.79 Å². The SMILES string of the molecule is COc1cc2oc(=O)cc(-c3ccc(-c4sccc4C(C)=O)cc3)c2c(OC)c1OC. The zero-order valence-electron chi connectivity index (χ0n) is 17.5. The number of hydrogen-bond acceptors (Lipinski definition) is 7. The maximum absolute atomic E-state index is 12.3. The van der Waals surface area contributed by atoms with Crippen LogP contribution in [0.25, 0.3) is 32.5 Å². The first-order valence-electron chi connectivity index (χ1n) is 9.44. The van der Waals surface area contributed by atoms with Crippen molar-refractivity contribution in [3.63, 3.8) is 0 Å². The van der Waals surface area contributed by atoms with Crippen LogP contribution in [0.1, 0.15) is 17.3 Å². The van der Waals surface area contributed by atoms with Crippen molar-refractivity contribution in [1.82, 2.24) is 0 Å². The molecule has 0 saturated heterocycles. The van der Waals surface area contributed by atoms with Crippen molar-refractivity contribution in [2.75, 3.05) is 21.3 Å². The second-order valence-corrected chi connectivity index (χ2v) is 7.71. The molecule has 0 N–H and O–H groups in total. The predicted octanol–water partition coefficient (Wildman–Crippen LogP) is 5.42. The van der Waals surface area contributed by atoms with E-state index >= 15 is 0 Å². The van der Waals surface area contributed by atoms with Crippen LogP contribution >= 0.6 is 11.3 Å². The fourth-order valence-electron chi connectivity index (χ4n) is 3.64. The van der Waals surface area contributed by atoms with Crippen LogP contribution < -0.4 is 19.8 Å². The van der Waals surface area contributed by atoms with E-state index < -0.39 is 5.63 Å². The number of fused-ring (bicyclic) bond motifs is 1. The molecule has 0 aliphatic heterocycles. The van der Waals surface area contributed by atoms with E-state index in [0.29, 0.717) is 39.3 Å². The number of ether oxygens (including phenoxy) is 3. The topological polar surface area (TPSA) is 75.0 Å². The summed E-state index contributed by atoms with van der Waals surface area (Å²) in [6.45, 7) is 1.56. The number of carbonyl (C=O) groups is 1. The number of ketones is 1. The first kappa shape index (κ1) is 20.7. The van der Waals surface area contributed by atoms with Gasteiger partial charge in [0.2, 0.25) is 5.75 Å². The Morgan fingerprint density at radius 3 is 2.19 bits per heavy atom. The van der Waals surface area contributed by atoms with E-state index in [0.717, 1.165) is 16.0 Å². The molecule has 0 aliphatic carbocycles. The maximum Gasteiger partial charge on any atom is 0.336 e. The van der Waals surface area contributed by atoms with Gasteiger partial charge in [0.25, 0.3) is 0 Å². The number of hydrogen-bond donors (Lipinski definition) is 0. The summed E-state index contributed by atoms with van der Waals surface area (Å²) in [6, 6.07) is 12.5. The van der Waals surface area contributed by atoms with E-state index in [9.17, 15) is 9.59 Å². The van der Waals surface area contributed by atoms with Gasteiger partial charge >= 0.3 is 5.63 Å². The minimum atomic E-state index is -0.488. The Morgan fingerprint density at radius 2 is 1.58 bits per heavy atom. The quantitative estimate of drug-likeness (QED) is 0.297. The van der Waals surface area contributed by atoms with E-state index in [2.05, 4.69) is 0 Å². The molecule has 31 heavy (non-hydrogen) atoms. The molecule has 0 spiro atoms. The Labute approximate surface area is 182 Å². The van der Waals surface area contributed by atoms with Crippen molar-refractivity contribution in [2.45, 2.75) is 6.92 Å². The molecule has 158 valence electrons. The summed E-state index contributed by atoms with van der Waals surface area (Å²) < 4.78 is 21.9. The molecule has 0 aliphatic rings. The van der Waals surface area contributed by atoms with E-state index in [1.807, 2.05) is 35.7 Å². The predicted molar refractivity (Wildman–Crippen MR) is 121 cm³/mol. The molecule has 2 heterocycles. The van der Waals surface area contributed by atoms with Gasteiger partial charge in [0.1, 0.15) is 5.58 Å². The Morgan fingerprint density at radius 1 is 0.903 bits per heavy atom. The van der Waals surface area contributed by atoms with Crippen molar-refractivity contribution in [3.8, 4) is 38.8 Å². The third-order valence-corrected chi connectivity index (χ3v) is 6.00. The smallest absolute Gasteiger partial charge is 0.336 e. The molecule has 2 aromatic carbocycles. The van der Waals surface area contributed by atoms with Crippen molar-refractivity contribution in [1.29, 1.82) is 0 Å². The van der Waals surface area contributed by atoms with Crippen LogP contribution in [-0.2, 0) is 0 Å². The Hall–Kier alpha value is -3.58. The van der Waals surface area contributed by atoms with Crippen molar-refractivity contribution >= 4 is 28.1 Å². The molecular formula is C24H20O6S. The lowest BCUT2D eigenvalue weighted by atomic mass is 9.98. The molecule has 7 heteroatoms. The lowest BCUT2D eigenvalue weighted by Gasteiger charge is -2.16. The molecule has 0 radical (unpaired) electrons. The van der Waals surface area contributed by atoms with E-state index in [1.54, 1.807) is 13.0 Å². The minimum Gasteiger partial charge on any atom is -0.493 e. The molecule has 0 fully saturated rings. The van der Waals surface area contributed by atoms with Gasteiger partial charge in [0.05, 0.1) is 26.7 Å². The lowest BCUT2D eigenvalue weighted by molar-refractivity contribution is 0.101. The minimum absolute atomic E-state index is 0.0257. The highest BCUT2D eigenvalue weighted by Gasteiger charge is 2.21. The molecule has 4 rings (SSSR count). The van der Waals surface area contributed by atoms with Crippen molar-refractivity contribution < 1.29 is 23.4 Å². The number of methoxy groups -OCH3 is 3. The largest absolute Gasteiger partial charge is 0.493 e. The second-order valence-electron chi connectivity index (χ2n) is 6.79. The number of benzene rings is 2. The molecule has 2 aromatic heterocycles. The van der Waals surface area contributed by atoms with Crippen LogP contribution in [0.3, 0.4) is 0 Å². The third kappa shape index (κ3) is 3.57. The van der Waals surface area contributed by atoms with Crippen LogP contribution in [0, 0.1) is 0 Å². The van der Waals surface area contributed by atoms with E-state index in [4.69, 9.17) is 18.6 Å². The van der Waals surface area contributed by atoms with Gasteiger partial charge in [0, 0.05) is 28.1 Å². The second kappa shape index (κ2) is 8.28. The van der Waals surface area contributed by atoms with Crippen LogP contribution in [0.5, 0.6) is 17.2 Å². The van der Waals surface area contributed by atoms with Crippen LogP contribution in [0.4, 0.5) is 0 Å². The molecule has 6 nitrogen and oxygen atoms in total. The number of rotatable bonds is 6. The fourth-order valence-corrected chi connectivity index (χ4v) is 4.59. The third-order valence-electron chi connectivity index (χ3n) is 5.04. The number of carbonyl (C=O) groups excluding carboxylic acids is 1. The van der Waals surface area contributed by atoms with Gasteiger partial charge in [-0.2, -0.15) is 0 Å². The monoisotopic (exact) mass is 436 g/mol. The average Bonchev–Trinajstić information content (AvgIpc) is 3.27. The van der Waals surface area contributed by atoms with E-state index in [-0.39, 0.29) is 5.78 Å². The lowest BCUT2D eigenvalue weighted by Crippen LogP contribution is -2.02. The highest BCUT2D eigenvalue weighted by molar-refractivity contribution is 7.14. The highest BCUT2D eigenvalue weighted by Crippen LogP contribution is 2.46. The summed E-state index contributed by atoms with van der Waals surface area (Å²) in [5.74, 6) is 1.25. The summed E-state index contributed by atoms with van der Waals surface area (Å²) in [5.41, 5.74) is 2.92. The first-order valence-corrected chi connectivity index (χ1v) is 10.3. The Bertz CT molecular complexity index is 1330. The van der Waals surface area contributed by atoms with Crippen LogP contribution in [-0.4, -0.2) is 27.1 Å². The van der Waals surface area contributed by atoms with Gasteiger partial charge in [-0.25, -0.2) is 4.79 Å². The molecule has 0 saturated carbocycles. The van der Waals surface area contributed by atoms with Crippen LogP contribution in [0.15, 0.2) is 57.1 Å². The van der Waals surface area contributed by atoms with Crippen molar-refractivity contribution in [3.05, 3.63) is 63.8 Å². The Balaban J connectivity index is 1.93. The van der Waals surface area contributed by atoms with Gasteiger partial charge in [-0.1, -0.05) is 24.3 Å². The maximum atomic E-state index is 12.3. The van der Waals surface area contributed by atoms with Crippen LogP contribution in [0.2, 0.25) is 0 Å². The normalized spacial score (nSPS) is 10.8. The number of Topliss-reactive ketones (excluding diaryl/α,β-unsaturated/α-hetero) is 1. The summed E-state index contributed by atoms with van der Waals surface area (Å²) in [7, 11) is 4.55. The molecule has 0 atom stereocenters. The zero-order chi connectivity index (χ0) is 22.1. The molecule has 0 unspecified atom stereocenters.